The van der Waals surface area contributed by atoms with Crippen LogP contribution < -0.4 is 15.2 Å². The lowest BCUT2D eigenvalue weighted by Gasteiger charge is -2.28. The van der Waals surface area contributed by atoms with Crippen molar-refractivity contribution >= 4 is 11.8 Å². The standard InChI is InChI=1S/C19H20N2O4/c1-24-16-8-7-12(9-17(16)25-2)15(10-18(20)22)21-11-13-5-3-4-6-14(13)19(21)23/h3-9,15H,10-11H2,1-2H3,(H2,20,22)/t15-/m1/s1. The highest BCUT2D eigenvalue weighted by molar-refractivity contribution is 5.98. The van der Waals surface area contributed by atoms with E-state index < -0.39 is 11.9 Å². The summed E-state index contributed by atoms with van der Waals surface area (Å²) in [5.41, 5.74) is 7.83. The number of primary amides is 1. The van der Waals surface area contributed by atoms with Gasteiger partial charge in [0.15, 0.2) is 11.5 Å². The molecule has 2 aromatic carbocycles. The third-order valence-electron chi connectivity index (χ3n) is 4.41. The van der Waals surface area contributed by atoms with Crippen molar-refractivity contribution in [3.05, 3.63) is 59.2 Å². The number of hydrogen-bond donors (Lipinski definition) is 1. The van der Waals surface area contributed by atoms with Gasteiger partial charge in [0.1, 0.15) is 0 Å². The molecule has 1 heterocycles. The number of amides is 2. The zero-order chi connectivity index (χ0) is 18.0. The highest BCUT2D eigenvalue weighted by Crippen LogP contribution is 2.37. The van der Waals surface area contributed by atoms with Crippen molar-refractivity contribution in [2.75, 3.05) is 14.2 Å². The summed E-state index contributed by atoms with van der Waals surface area (Å²) in [4.78, 5) is 26.1. The monoisotopic (exact) mass is 340 g/mol. The molecule has 2 aromatic rings. The van der Waals surface area contributed by atoms with Gasteiger partial charge in [-0.25, -0.2) is 0 Å². The summed E-state index contributed by atoms with van der Waals surface area (Å²) in [5.74, 6) is 0.555. The van der Waals surface area contributed by atoms with E-state index in [-0.39, 0.29) is 12.3 Å². The summed E-state index contributed by atoms with van der Waals surface area (Å²) in [6.45, 7) is 0.446. The van der Waals surface area contributed by atoms with Crippen LogP contribution in [0.4, 0.5) is 0 Å². The van der Waals surface area contributed by atoms with Gasteiger partial charge in [0.2, 0.25) is 5.91 Å². The van der Waals surface area contributed by atoms with Gasteiger partial charge < -0.3 is 20.1 Å². The Labute approximate surface area is 146 Å². The molecule has 130 valence electrons. The van der Waals surface area contributed by atoms with Crippen LogP contribution in [0.2, 0.25) is 0 Å². The van der Waals surface area contributed by atoms with Crippen LogP contribution in [-0.2, 0) is 11.3 Å². The quantitative estimate of drug-likeness (QED) is 0.874. The number of rotatable bonds is 6. The van der Waals surface area contributed by atoms with Gasteiger partial charge in [-0.2, -0.15) is 0 Å². The normalized spacial score (nSPS) is 14.2. The van der Waals surface area contributed by atoms with Crippen molar-refractivity contribution in [2.24, 2.45) is 5.73 Å². The fraction of sp³-hybridized carbons (Fsp3) is 0.263. The second kappa shape index (κ2) is 6.84. The Hall–Kier alpha value is -3.02. The summed E-state index contributed by atoms with van der Waals surface area (Å²) >= 11 is 0. The minimum atomic E-state index is -0.469. The number of carbonyl (C=O) groups excluding carboxylic acids is 2. The number of benzene rings is 2. The van der Waals surface area contributed by atoms with Gasteiger partial charge in [0.05, 0.1) is 26.7 Å². The first-order valence-corrected chi connectivity index (χ1v) is 7.94. The Bertz CT molecular complexity index is 819. The predicted octanol–water partition coefficient (Wildman–Crippen LogP) is 2.28. The Morgan fingerprint density at radius 1 is 1.16 bits per heavy atom. The van der Waals surface area contributed by atoms with Crippen LogP contribution in [0.3, 0.4) is 0 Å². The minimum Gasteiger partial charge on any atom is -0.493 e. The Balaban J connectivity index is 1.99. The molecule has 0 aromatic heterocycles. The summed E-state index contributed by atoms with van der Waals surface area (Å²) in [5, 5.41) is 0. The maximum Gasteiger partial charge on any atom is 0.255 e. The average molecular weight is 340 g/mol. The topological polar surface area (TPSA) is 81.9 Å². The Kier molecular flexibility index (Phi) is 4.61. The smallest absolute Gasteiger partial charge is 0.255 e. The molecule has 1 aliphatic heterocycles. The number of carbonyl (C=O) groups is 2. The summed E-state index contributed by atoms with van der Waals surface area (Å²) < 4.78 is 10.6. The molecule has 0 fully saturated rings. The molecule has 3 rings (SSSR count). The molecular formula is C19H20N2O4. The van der Waals surface area contributed by atoms with Crippen molar-refractivity contribution in [1.82, 2.24) is 4.90 Å². The number of methoxy groups -OCH3 is 2. The Morgan fingerprint density at radius 2 is 1.88 bits per heavy atom. The lowest BCUT2D eigenvalue weighted by molar-refractivity contribution is -0.119. The van der Waals surface area contributed by atoms with Gasteiger partial charge in [-0.15, -0.1) is 0 Å². The van der Waals surface area contributed by atoms with Gasteiger partial charge in [-0.1, -0.05) is 24.3 Å². The van der Waals surface area contributed by atoms with Crippen LogP contribution in [0.5, 0.6) is 11.5 Å². The van der Waals surface area contributed by atoms with Crippen molar-refractivity contribution in [3.63, 3.8) is 0 Å². The first-order chi connectivity index (χ1) is 12.0. The van der Waals surface area contributed by atoms with Crippen LogP contribution in [0.25, 0.3) is 0 Å². The zero-order valence-electron chi connectivity index (χ0n) is 14.2. The number of fused-ring (bicyclic) bond motifs is 1. The summed E-state index contributed by atoms with van der Waals surface area (Å²) in [6.07, 6.45) is 0.0369. The molecule has 0 saturated heterocycles. The van der Waals surface area contributed by atoms with Gasteiger partial charge in [-0.05, 0) is 29.3 Å². The minimum absolute atomic E-state index is 0.0369. The molecule has 1 atom stereocenters. The largest absolute Gasteiger partial charge is 0.493 e. The molecule has 25 heavy (non-hydrogen) atoms. The van der Waals surface area contributed by atoms with Crippen molar-refractivity contribution in [2.45, 2.75) is 19.0 Å². The van der Waals surface area contributed by atoms with Crippen LogP contribution in [0, 0.1) is 0 Å². The summed E-state index contributed by atoms with van der Waals surface area (Å²) in [6, 6.07) is 12.4. The summed E-state index contributed by atoms with van der Waals surface area (Å²) in [7, 11) is 3.10. The third-order valence-corrected chi connectivity index (χ3v) is 4.41. The van der Waals surface area contributed by atoms with Crippen LogP contribution in [-0.4, -0.2) is 30.9 Å². The molecule has 1 aliphatic rings. The molecule has 0 saturated carbocycles. The molecule has 2 N–H and O–H groups in total. The van der Waals surface area contributed by atoms with E-state index in [2.05, 4.69) is 0 Å². The molecule has 0 spiro atoms. The number of nitrogens with two attached hydrogens (primary N) is 1. The van der Waals surface area contributed by atoms with E-state index in [1.807, 2.05) is 24.3 Å². The molecule has 0 aliphatic carbocycles. The average Bonchev–Trinajstić information content (AvgIpc) is 2.96. The first kappa shape index (κ1) is 16.8. The van der Waals surface area contributed by atoms with Gasteiger partial charge in [0, 0.05) is 12.1 Å². The van der Waals surface area contributed by atoms with Crippen molar-refractivity contribution in [3.8, 4) is 11.5 Å². The van der Waals surface area contributed by atoms with Gasteiger partial charge >= 0.3 is 0 Å². The third kappa shape index (κ3) is 3.15. The van der Waals surface area contributed by atoms with E-state index in [0.29, 0.717) is 23.6 Å². The van der Waals surface area contributed by atoms with Crippen molar-refractivity contribution in [1.29, 1.82) is 0 Å². The molecule has 2 amide bonds. The Morgan fingerprint density at radius 3 is 2.52 bits per heavy atom. The van der Waals surface area contributed by atoms with E-state index in [0.717, 1.165) is 11.1 Å². The van der Waals surface area contributed by atoms with E-state index in [9.17, 15) is 9.59 Å². The first-order valence-electron chi connectivity index (χ1n) is 7.94. The zero-order valence-corrected chi connectivity index (χ0v) is 14.2. The lowest BCUT2D eigenvalue weighted by atomic mass is 10.0. The fourth-order valence-corrected chi connectivity index (χ4v) is 3.19. The maximum atomic E-state index is 12.8. The van der Waals surface area contributed by atoms with E-state index in [1.54, 1.807) is 37.3 Å². The molecule has 0 radical (unpaired) electrons. The fourth-order valence-electron chi connectivity index (χ4n) is 3.19. The van der Waals surface area contributed by atoms with E-state index in [4.69, 9.17) is 15.2 Å². The van der Waals surface area contributed by atoms with Gasteiger partial charge in [-0.3, -0.25) is 9.59 Å². The highest BCUT2D eigenvalue weighted by atomic mass is 16.5. The number of ether oxygens (including phenoxy) is 2. The van der Waals surface area contributed by atoms with Gasteiger partial charge in [0.25, 0.3) is 5.91 Å². The second-order valence-corrected chi connectivity index (χ2v) is 5.89. The van der Waals surface area contributed by atoms with E-state index >= 15 is 0 Å². The molecule has 6 nitrogen and oxygen atoms in total. The molecule has 0 unspecified atom stereocenters. The number of nitrogens with zero attached hydrogens (tertiary/aromatic N) is 1. The lowest BCUT2D eigenvalue weighted by Crippen LogP contribution is -2.32. The molecule has 6 heteroatoms. The van der Waals surface area contributed by atoms with E-state index in [1.165, 1.54) is 0 Å². The van der Waals surface area contributed by atoms with Crippen LogP contribution in [0.15, 0.2) is 42.5 Å². The second-order valence-electron chi connectivity index (χ2n) is 5.89. The molecular weight excluding hydrogens is 320 g/mol. The van der Waals surface area contributed by atoms with Crippen molar-refractivity contribution < 1.29 is 19.1 Å². The van der Waals surface area contributed by atoms with Crippen LogP contribution >= 0.6 is 0 Å². The molecule has 0 bridgehead atoms. The number of hydrogen-bond acceptors (Lipinski definition) is 4. The van der Waals surface area contributed by atoms with Crippen LogP contribution in [0.1, 0.15) is 33.9 Å². The predicted molar refractivity (Wildman–Crippen MR) is 92.4 cm³/mol. The maximum absolute atomic E-state index is 12.8. The highest BCUT2D eigenvalue weighted by Gasteiger charge is 2.34. The SMILES string of the molecule is COc1ccc([C@@H](CC(N)=O)N2Cc3ccccc3C2=O)cc1OC.